The molecule has 148 valence electrons. The quantitative estimate of drug-likeness (QED) is 0.331. The van der Waals surface area contributed by atoms with Gasteiger partial charge in [-0.2, -0.15) is 0 Å². The summed E-state index contributed by atoms with van der Waals surface area (Å²) >= 11 is 2.51. The molecule has 6 nitrogen and oxygen atoms in total. The second kappa shape index (κ2) is 9.99. The molecule has 0 saturated carbocycles. The number of aryl methyl sites for hydroxylation is 2. The normalized spacial score (nSPS) is 10.8. The Morgan fingerprint density at radius 3 is 2.48 bits per heavy atom. The van der Waals surface area contributed by atoms with Crippen LogP contribution in [0.15, 0.2) is 58.9 Å². The second-order valence-corrected chi connectivity index (χ2v) is 8.52. The molecule has 1 heterocycles. The van der Waals surface area contributed by atoms with E-state index in [0.717, 1.165) is 22.4 Å². The number of rotatable bonds is 7. The summed E-state index contributed by atoms with van der Waals surface area (Å²) in [6.45, 7) is 3.98. The van der Waals surface area contributed by atoms with E-state index in [-0.39, 0.29) is 17.6 Å². The first-order valence-electron chi connectivity index (χ1n) is 8.86. The third-order valence-electron chi connectivity index (χ3n) is 3.70. The first kappa shape index (κ1) is 20.8. The predicted molar refractivity (Wildman–Crippen MR) is 119 cm³/mol. The van der Waals surface area contributed by atoms with Gasteiger partial charge in [0.25, 0.3) is 0 Å². The van der Waals surface area contributed by atoms with E-state index in [1.165, 1.54) is 29.2 Å². The van der Waals surface area contributed by atoms with Gasteiger partial charge in [0.1, 0.15) is 0 Å². The van der Waals surface area contributed by atoms with E-state index in [1.807, 2.05) is 56.3 Å². The maximum atomic E-state index is 12.2. The summed E-state index contributed by atoms with van der Waals surface area (Å²) in [5, 5.41) is 13.9. The van der Waals surface area contributed by atoms with Crippen molar-refractivity contribution < 1.29 is 9.59 Å². The van der Waals surface area contributed by atoms with Gasteiger partial charge in [-0.25, -0.2) is 0 Å². The van der Waals surface area contributed by atoms with E-state index >= 15 is 0 Å². The van der Waals surface area contributed by atoms with Crippen molar-refractivity contribution in [3.05, 3.63) is 71.3 Å². The Hall–Kier alpha value is -2.97. The third-order valence-corrected chi connectivity index (χ3v) is 5.67. The molecule has 0 unspecified atom stereocenters. The molecule has 0 fully saturated rings. The highest BCUT2D eigenvalue weighted by molar-refractivity contribution is 8.01. The molecule has 1 aromatic heterocycles. The van der Waals surface area contributed by atoms with Crippen molar-refractivity contribution in [3.63, 3.8) is 0 Å². The van der Waals surface area contributed by atoms with E-state index in [2.05, 4.69) is 26.9 Å². The molecular weight excluding hydrogens is 404 g/mol. The zero-order valence-corrected chi connectivity index (χ0v) is 17.6. The number of anilines is 2. The van der Waals surface area contributed by atoms with Crippen LogP contribution in [0.1, 0.15) is 16.7 Å². The lowest BCUT2D eigenvalue weighted by molar-refractivity contribution is -0.114. The minimum Gasteiger partial charge on any atom is -0.325 e. The standard InChI is InChI=1S/C21H20N4O2S2/c1-14-10-15(2)12-17(11-14)22-19(27)13-28-21-25-24-20(29-21)23-18(26)9-8-16-6-4-3-5-7-16/h3-12H,13H2,1-2H3,(H,22,27)(H,23,24,26)/b9-8+. The summed E-state index contributed by atoms with van der Waals surface area (Å²) in [5.41, 5.74) is 3.91. The number of thioether (sulfide) groups is 1. The third kappa shape index (κ3) is 6.85. The molecule has 0 aliphatic heterocycles. The highest BCUT2D eigenvalue weighted by Crippen LogP contribution is 2.25. The molecule has 3 aromatic rings. The lowest BCUT2D eigenvalue weighted by Crippen LogP contribution is -2.14. The number of benzene rings is 2. The fourth-order valence-electron chi connectivity index (χ4n) is 2.57. The average Bonchev–Trinajstić information content (AvgIpc) is 3.12. The molecule has 0 radical (unpaired) electrons. The van der Waals surface area contributed by atoms with Gasteiger partial charge >= 0.3 is 0 Å². The Labute approximate surface area is 177 Å². The van der Waals surface area contributed by atoms with Crippen LogP contribution in [-0.2, 0) is 9.59 Å². The molecule has 2 N–H and O–H groups in total. The lowest BCUT2D eigenvalue weighted by atomic mass is 10.1. The Kier molecular flexibility index (Phi) is 7.15. The molecule has 0 atom stereocenters. The van der Waals surface area contributed by atoms with Gasteiger partial charge < -0.3 is 5.32 Å². The SMILES string of the molecule is Cc1cc(C)cc(NC(=O)CSc2nnc(NC(=O)/C=C/c3ccccc3)s2)c1. The van der Waals surface area contributed by atoms with E-state index < -0.39 is 0 Å². The molecule has 8 heteroatoms. The monoisotopic (exact) mass is 424 g/mol. The van der Waals surface area contributed by atoms with E-state index in [9.17, 15) is 9.59 Å². The largest absolute Gasteiger partial charge is 0.325 e. The van der Waals surface area contributed by atoms with Crippen LogP contribution in [0.3, 0.4) is 0 Å². The molecule has 2 aromatic carbocycles. The van der Waals surface area contributed by atoms with Gasteiger partial charge in [0, 0.05) is 11.8 Å². The van der Waals surface area contributed by atoms with Gasteiger partial charge in [-0.3, -0.25) is 14.9 Å². The molecule has 0 bridgehead atoms. The summed E-state index contributed by atoms with van der Waals surface area (Å²) in [7, 11) is 0. The van der Waals surface area contributed by atoms with Crippen molar-refractivity contribution in [3.8, 4) is 0 Å². The molecule has 3 rings (SSSR count). The number of hydrogen-bond acceptors (Lipinski definition) is 6. The highest BCUT2D eigenvalue weighted by Gasteiger charge is 2.10. The maximum Gasteiger partial charge on any atom is 0.250 e. The van der Waals surface area contributed by atoms with E-state index in [4.69, 9.17) is 0 Å². The summed E-state index contributed by atoms with van der Waals surface area (Å²) < 4.78 is 0.614. The number of nitrogens with one attached hydrogen (secondary N) is 2. The topological polar surface area (TPSA) is 84.0 Å². The van der Waals surface area contributed by atoms with Crippen molar-refractivity contribution in [2.75, 3.05) is 16.4 Å². The van der Waals surface area contributed by atoms with Gasteiger partial charge in [0.05, 0.1) is 5.75 Å². The highest BCUT2D eigenvalue weighted by atomic mass is 32.2. The van der Waals surface area contributed by atoms with E-state index in [0.29, 0.717) is 9.47 Å². The summed E-state index contributed by atoms with van der Waals surface area (Å²) in [6, 6.07) is 15.5. The van der Waals surface area contributed by atoms with Crippen LogP contribution in [0.4, 0.5) is 10.8 Å². The van der Waals surface area contributed by atoms with Crippen LogP contribution in [0, 0.1) is 13.8 Å². The maximum absolute atomic E-state index is 12.2. The van der Waals surface area contributed by atoms with Gasteiger partial charge in [0.15, 0.2) is 4.34 Å². The molecule has 0 aliphatic carbocycles. The number of hydrogen-bond donors (Lipinski definition) is 2. The zero-order valence-electron chi connectivity index (χ0n) is 16.0. The molecule has 0 spiro atoms. The molecular formula is C21H20N4O2S2. The Bertz CT molecular complexity index is 1010. The predicted octanol–water partition coefficient (Wildman–Crippen LogP) is 4.54. The number of aromatic nitrogens is 2. The Morgan fingerprint density at radius 2 is 1.76 bits per heavy atom. The van der Waals surface area contributed by atoms with Crippen molar-refractivity contribution in [2.45, 2.75) is 18.2 Å². The van der Waals surface area contributed by atoms with Crippen molar-refractivity contribution in [1.29, 1.82) is 0 Å². The molecule has 0 aliphatic rings. The van der Waals surface area contributed by atoms with Crippen molar-refractivity contribution in [2.24, 2.45) is 0 Å². The fraction of sp³-hybridized carbons (Fsp3) is 0.143. The first-order valence-corrected chi connectivity index (χ1v) is 10.7. The first-order chi connectivity index (χ1) is 14.0. The van der Waals surface area contributed by atoms with Crippen molar-refractivity contribution in [1.82, 2.24) is 10.2 Å². The van der Waals surface area contributed by atoms with Gasteiger partial charge in [-0.1, -0.05) is 59.5 Å². The molecule has 2 amide bonds. The number of amides is 2. The van der Waals surface area contributed by atoms with Crippen LogP contribution < -0.4 is 10.6 Å². The van der Waals surface area contributed by atoms with Crippen LogP contribution in [0.2, 0.25) is 0 Å². The van der Waals surface area contributed by atoms with E-state index in [1.54, 1.807) is 6.08 Å². The average molecular weight is 425 g/mol. The smallest absolute Gasteiger partial charge is 0.250 e. The fourth-order valence-corrected chi connectivity index (χ4v) is 4.13. The Morgan fingerprint density at radius 1 is 1.03 bits per heavy atom. The lowest BCUT2D eigenvalue weighted by Gasteiger charge is -2.06. The van der Waals surface area contributed by atoms with Gasteiger partial charge in [-0.05, 0) is 48.7 Å². The van der Waals surface area contributed by atoms with Gasteiger partial charge in [-0.15, -0.1) is 10.2 Å². The Balaban J connectivity index is 1.47. The van der Waals surface area contributed by atoms with Crippen molar-refractivity contribution >= 4 is 51.8 Å². The van der Waals surface area contributed by atoms with Crippen LogP contribution in [-0.4, -0.2) is 27.8 Å². The molecule has 29 heavy (non-hydrogen) atoms. The summed E-state index contributed by atoms with van der Waals surface area (Å²) in [4.78, 5) is 24.1. The van der Waals surface area contributed by atoms with Crippen LogP contribution in [0.5, 0.6) is 0 Å². The van der Waals surface area contributed by atoms with Gasteiger partial charge in [0.2, 0.25) is 16.9 Å². The zero-order chi connectivity index (χ0) is 20.6. The minimum absolute atomic E-state index is 0.119. The summed E-state index contributed by atoms with van der Waals surface area (Å²) in [5.74, 6) is -0.190. The number of carbonyl (C=O) groups is 2. The van der Waals surface area contributed by atoms with Crippen LogP contribution >= 0.6 is 23.1 Å². The second-order valence-electron chi connectivity index (χ2n) is 6.32. The summed E-state index contributed by atoms with van der Waals surface area (Å²) in [6.07, 6.45) is 3.17. The number of carbonyl (C=O) groups excluding carboxylic acids is 2. The molecule has 0 saturated heterocycles. The number of nitrogens with zero attached hydrogens (tertiary/aromatic N) is 2. The minimum atomic E-state index is -0.283. The van der Waals surface area contributed by atoms with Crippen LogP contribution in [0.25, 0.3) is 6.08 Å².